The molecule has 9 rings (SSSR count). The number of nitrogens with zero attached hydrogens (tertiary/aromatic N) is 3. The topological polar surface area (TPSA) is 51.8 Å². The molecule has 0 radical (unpaired) electrons. The first-order chi connectivity index (χ1) is 21.6. The molecule has 0 spiro atoms. The van der Waals surface area contributed by atoms with E-state index in [9.17, 15) is 0 Å². The summed E-state index contributed by atoms with van der Waals surface area (Å²) in [4.78, 5) is 15.5. The lowest BCUT2D eigenvalue weighted by Gasteiger charge is -2.19. The second-order valence-electron chi connectivity index (χ2n) is 12.0. The van der Waals surface area contributed by atoms with Crippen LogP contribution < -0.4 is 10.4 Å². The molecule has 1 aliphatic heterocycles. The van der Waals surface area contributed by atoms with E-state index in [1.165, 1.54) is 21.5 Å². The van der Waals surface area contributed by atoms with Crippen molar-refractivity contribution in [2.24, 2.45) is 0 Å². The highest BCUT2D eigenvalue weighted by molar-refractivity contribution is 7.04. The van der Waals surface area contributed by atoms with Crippen LogP contribution in [-0.4, -0.2) is 23.0 Å². The number of rotatable bonds is 3. The molecule has 0 atom stereocenters. The SMILES string of the molecule is C[Si]1(C)c2ccccc2-c2c1cc(-c1nc(-c3ccccc3)nc(-c3cccc4ccccc34)n1)c1c2oc2ccccc21. The highest BCUT2D eigenvalue weighted by Crippen LogP contribution is 2.43. The van der Waals surface area contributed by atoms with Crippen molar-refractivity contribution in [1.29, 1.82) is 0 Å². The molecule has 1 aliphatic rings. The van der Waals surface area contributed by atoms with E-state index in [0.29, 0.717) is 17.5 Å². The van der Waals surface area contributed by atoms with Crippen molar-refractivity contribution in [3.05, 3.63) is 127 Å². The third-order valence-corrected chi connectivity index (χ3v) is 12.7. The largest absolute Gasteiger partial charge is 0.455 e. The van der Waals surface area contributed by atoms with Crippen LogP contribution in [0.4, 0.5) is 0 Å². The monoisotopic (exact) mass is 581 g/mol. The zero-order valence-corrected chi connectivity index (χ0v) is 25.4. The molecule has 0 saturated carbocycles. The number of furan rings is 1. The lowest BCUT2D eigenvalue weighted by atomic mass is 9.98. The standard InChI is InChI=1S/C39H27N3OSi/c1-44(2)32-22-11-9-19-29(32)35-33(44)23-30(34-28-18-8-10-21-31(28)43-36(34)35)39-41-37(25-14-4-3-5-15-25)40-38(42-39)27-20-12-16-24-13-6-7-17-26(24)27/h3-23H,1-2H3. The van der Waals surface area contributed by atoms with Crippen molar-refractivity contribution >= 4 is 51.2 Å². The molecule has 44 heavy (non-hydrogen) atoms. The Morgan fingerprint density at radius 2 is 1.16 bits per heavy atom. The zero-order chi connectivity index (χ0) is 29.4. The Bertz CT molecular complexity index is 2420. The minimum Gasteiger partial charge on any atom is -0.455 e. The van der Waals surface area contributed by atoms with Gasteiger partial charge in [0.15, 0.2) is 17.5 Å². The van der Waals surface area contributed by atoms with E-state index in [1.807, 2.05) is 24.3 Å². The van der Waals surface area contributed by atoms with E-state index < -0.39 is 8.07 Å². The Hall–Kier alpha value is -5.39. The Morgan fingerprint density at radius 3 is 2.02 bits per heavy atom. The summed E-state index contributed by atoms with van der Waals surface area (Å²) in [6, 6.07) is 44.4. The second-order valence-corrected chi connectivity index (χ2v) is 16.3. The molecule has 5 heteroatoms. The van der Waals surface area contributed by atoms with Crippen LogP contribution in [0.1, 0.15) is 0 Å². The number of benzene rings is 6. The van der Waals surface area contributed by atoms with E-state index in [2.05, 4.69) is 116 Å². The highest BCUT2D eigenvalue weighted by Gasteiger charge is 2.40. The summed E-state index contributed by atoms with van der Waals surface area (Å²) in [5.41, 5.74) is 7.21. The zero-order valence-electron chi connectivity index (χ0n) is 24.4. The molecule has 0 saturated heterocycles. The summed E-state index contributed by atoms with van der Waals surface area (Å²) in [5.74, 6) is 1.97. The normalized spacial score (nSPS) is 13.4. The van der Waals surface area contributed by atoms with Crippen LogP contribution in [0, 0.1) is 0 Å². The van der Waals surface area contributed by atoms with Gasteiger partial charge < -0.3 is 4.42 Å². The molecule has 8 aromatic rings. The van der Waals surface area contributed by atoms with Gasteiger partial charge in [-0.25, -0.2) is 15.0 Å². The van der Waals surface area contributed by atoms with Crippen molar-refractivity contribution in [2.45, 2.75) is 13.1 Å². The minimum absolute atomic E-state index is 0.653. The fourth-order valence-electron chi connectivity index (χ4n) is 6.98. The highest BCUT2D eigenvalue weighted by atomic mass is 28.3. The molecule has 0 fully saturated rings. The number of hydrogen-bond donors (Lipinski definition) is 0. The molecule has 208 valence electrons. The molecule has 3 heterocycles. The smallest absolute Gasteiger partial charge is 0.164 e. The van der Waals surface area contributed by atoms with Crippen molar-refractivity contribution in [3.63, 3.8) is 0 Å². The van der Waals surface area contributed by atoms with Gasteiger partial charge >= 0.3 is 0 Å². The van der Waals surface area contributed by atoms with Crippen LogP contribution in [0.15, 0.2) is 132 Å². The van der Waals surface area contributed by atoms with E-state index >= 15 is 0 Å². The fraction of sp³-hybridized carbons (Fsp3) is 0.0513. The van der Waals surface area contributed by atoms with Gasteiger partial charge in [0.1, 0.15) is 19.2 Å². The third-order valence-electron chi connectivity index (χ3n) is 9.13. The maximum absolute atomic E-state index is 6.75. The van der Waals surface area contributed by atoms with Crippen LogP contribution in [-0.2, 0) is 0 Å². The Kier molecular flexibility index (Phi) is 5.31. The molecule has 0 bridgehead atoms. The van der Waals surface area contributed by atoms with Crippen LogP contribution in [0.5, 0.6) is 0 Å². The van der Waals surface area contributed by atoms with Crippen molar-refractivity contribution in [2.75, 3.05) is 0 Å². The lowest BCUT2D eigenvalue weighted by molar-refractivity contribution is 0.670. The first-order valence-corrected chi connectivity index (χ1v) is 18.0. The summed E-state index contributed by atoms with van der Waals surface area (Å²) in [6.45, 7) is 4.86. The van der Waals surface area contributed by atoms with Crippen LogP contribution in [0.3, 0.4) is 0 Å². The van der Waals surface area contributed by atoms with E-state index in [1.54, 1.807) is 0 Å². The molecular formula is C39H27N3OSi. The van der Waals surface area contributed by atoms with Crippen molar-refractivity contribution < 1.29 is 4.42 Å². The predicted octanol–water partition coefficient (Wildman–Crippen LogP) is 8.73. The number of fused-ring (bicyclic) bond motifs is 8. The Labute approximate surface area is 255 Å². The third kappa shape index (κ3) is 3.60. The van der Waals surface area contributed by atoms with Gasteiger partial charge in [-0.15, -0.1) is 0 Å². The van der Waals surface area contributed by atoms with Gasteiger partial charge in [0.2, 0.25) is 0 Å². The average molecular weight is 582 g/mol. The Morgan fingerprint density at radius 1 is 0.523 bits per heavy atom. The Balaban J connectivity index is 1.41. The van der Waals surface area contributed by atoms with E-state index in [0.717, 1.165) is 49.4 Å². The lowest BCUT2D eigenvalue weighted by Crippen LogP contribution is -2.49. The average Bonchev–Trinajstić information content (AvgIpc) is 3.57. The molecular weight excluding hydrogens is 555 g/mol. The van der Waals surface area contributed by atoms with Crippen LogP contribution in [0.2, 0.25) is 13.1 Å². The first kappa shape index (κ1) is 25.1. The summed E-state index contributed by atoms with van der Waals surface area (Å²) >= 11 is 0. The minimum atomic E-state index is -2.03. The molecule has 0 N–H and O–H groups in total. The molecule has 6 aromatic carbocycles. The summed E-state index contributed by atoms with van der Waals surface area (Å²) in [7, 11) is -2.03. The molecule has 0 amide bonds. The van der Waals surface area contributed by atoms with Gasteiger partial charge in [-0.3, -0.25) is 0 Å². The van der Waals surface area contributed by atoms with Crippen molar-refractivity contribution in [3.8, 4) is 45.3 Å². The number of aromatic nitrogens is 3. The van der Waals surface area contributed by atoms with Crippen molar-refractivity contribution in [1.82, 2.24) is 15.0 Å². The summed E-state index contributed by atoms with van der Waals surface area (Å²) in [6.07, 6.45) is 0. The number of hydrogen-bond acceptors (Lipinski definition) is 4. The van der Waals surface area contributed by atoms with E-state index in [4.69, 9.17) is 19.4 Å². The second kappa shape index (κ2) is 9.30. The molecule has 4 nitrogen and oxygen atoms in total. The first-order valence-electron chi connectivity index (χ1n) is 15.0. The summed E-state index contributed by atoms with van der Waals surface area (Å²) in [5, 5.41) is 7.18. The van der Waals surface area contributed by atoms with Gasteiger partial charge in [-0.05, 0) is 38.8 Å². The van der Waals surface area contributed by atoms with Gasteiger partial charge in [0.05, 0.1) is 0 Å². The molecule has 2 aromatic heterocycles. The number of para-hydroxylation sites is 1. The fourth-order valence-corrected chi connectivity index (χ4v) is 10.0. The molecule has 0 aliphatic carbocycles. The maximum atomic E-state index is 6.75. The quantitative estimate of drug-likeness (QED) is 0.196. The van der Waals surface area contributed by atoms with Crippen LogP contribution in [0.25, 0.3) is 78.0 Å². The van der Waals surface area contributed by atoms with Crippen LogP contribution >= 0.6 is 0 Å². The molecule has 0 unspecified atom stereocenters. The van der Waals surface area contributed by atoms with E-state index in [-0.39, 0.29) is 0 Å². The van der Waals surface area contributed by atoms with Gasteiger partial charge in [0, 0.05) is 33.0 Å². The predicted molar refractivity (Wildman–Crippen MR) is 183 cm³/mol. The summed E-state index contributed by atoms with van der Waals surface area (Å²) < 4.78 is 6.75. The van der Waals surface area contributed by atoms with Gasteiger partial charge in [0.25, 0.3) is 0 Å². The van der Waals surface area contributed by atoms with Gasteiger partial charge in [-0.2, -0.15) is 0 Å². The van der Waals surface area contributed by atoms with Gasteiger partial charge in [-0.1, -0.05) is 128 Å². The maximum Gasteiger partial charge on any atom is 0.164 e.